The zero-order valence-electron chi connectivity index (χ0n) is 17.0. The van der Waals surface area contributed by atoms with Crippen LogP contribution in [0, 0.1) is 13.8 Å². The van der Waals surface area contributed by atoms with Crippen LogP contribution in [0.15, 0.2) is 64.2 Å². The highest BCUT2D eigenvalue weighted by Gasteiger charge is 2.16. The Morgan fingerprint density at radius 1 is 1.07 bits per heavy atom. The second-order valence-electron chi connectivity index (χ2n) is 7.05. The Bertz CT molecular complexity index is 1110. The van der Waals surface area contributed by atoms with Crippen molar-refractivity contribution >= 4 is 33.0 Å². The summed E-state index contributed by atoms with van der Waals surface area (Å²) in [6, 6.07) is 15.2. The van der Waals surface area contributed by atoms with Crippen molar-refractivity contribution in [3.8, 4) is 5.75 Å². The summed E-state index contributed by atoms with van der Waals surface area (Å²) in [6.07, 6.45) is 0. The molecular weight excluding hydrogens is 420 g/mol. The normalized spacial score (nSPS) is 12.2. The molecule has 1 atom stereocenters. The lowest BCUT2D eigenvalue weighted by Gasteiger charge is -2.16. The molecule has 0 aliphatic carbocycles. The molecule has 1 unspecified atom stereocenters. The molecule has 0 fully saturated rings. The van der Waals surface area contributed by atoms with Crippen LogP contribution in [0.5, 0.6) is 5.75 Å². The lowest BCUT2D eigenvalue weighted by atomic mass is 10.1. The minimum atomic E-state index is -3.61. The van der Waals surface area contributed by atoms with Gasteiger partial charge < -0.3 is 10.1 Å². The Labute approximate surface area is 181 Å². The summed E-state index contributed by atoms with van der Waals surface area (Å²) in [4.78, 5) is 12.4. The van der Waals surface area contributed by atoms with Crippen molar-refractivity contribution in [2.24, 2.45) is 0 Å². The number of thiophene rings is 1. The SMILES string of the molecule is Cc1ccc(OCC(C)NC(=O)c2ccc(NS(=O)(=O)c3cccs3)cc2)cc1C. The van der Waals surface area contributed by atoms with Gasteiger partial charge in [-0.1, -0.05) is 12.1 Å². The molecule has 3 aromatic rings. The van der Waals surface area contributed by atoms with E-state index in [9.17, 15) is 13.2 Å². The second kappa shape index (κ2) is 9.32. The van der Waals surface area contributed by atoms with Gasteiger partial charge in [0.15, 0.2) is 0 Å². The first-order valence-corrected chi connectivity index (χ1v) is 11.8. The molecule has 30 heavy (non-hydrogen) atoms. The Kier molecular flexibility index (Phi) is 6.79. The number of rotatable bonds is 8. The number of hydrogen-bond acceptors (Lipinski definition) is 5. The fraction of sp³-hybridized carbons (Fsp3) is 0.227. The van der Waals surface area contributed by atoms with Crippen LogP contribution in [0.3, 0.4) is 0 Å². The van der Waals surface area contributed by atoms with Crippen molar-refractivity contribution in [2.75, 3.05) is 11.3 Å². The molecule has 0 aliphatic heterocycles. The fourth-order valence-corrected chi connectivity index (χ4v) is 4.74. The summed E-state index contributed by atoms with van der Waals surface area (Å²) < 4.78 is 33.0. The van der Waals surface area contributed by atoms with Gasteiger partial charge in [0.1, 0.15) is 16.6 Å². The van der Waals surface area contributed by atoms with Crippen molar-refractivity contribution in [2.45, 2.75) is 31.0 Å². The van der Waals surface area contributed by atoms with E-state index in [2.05, 4.69) is 10.0 Å². The highest BCUT2D eigenvalue weighted by Crippen LogP contribution is 2.20. The molecule has 2 N–H and O–H groups in total. The van der Waals surface area contributed by atoms with E-state index in [1.54, 1.807) is 35.7 Å². The molecule has 0 saturated heterocycles. The second-order valence-corrected chi connectivity index (χ2v) is 9.90. The van der Waals surface area contributed by atoms with Gasteiger partial charge in [0, 0.05) is 11.3 Å². The van der Waals surface area contributed by atoms with Gasteiger partial charge in [0.2, 0.25) is 0 Å². The van der Waals surface area contributed by atoms with Gasteiger partial charge in [0.25, 0.3) is 15.9 Å². The third-order valence-corrected chi connectivity index (χ3v) is 7.29. The number of carbonyl (C=O) groups is 1. The van der Waals surface area contributed by atoms with Crippen LogP contribution in [-0.2, 0) is 10.0 Å². The minimum absolute atomic E-state index is 0.198. The van der Waals surface area contributed by atoms with Crippen molar-refractivity contribution in [1.82, 2.24) is 5.32 Å². The Hall–Kier alpha value is -2.84. The predicted molar refractivity (Wildman–Crippen MR) is 120 cm³/mol. The van der Waals surface area contributed by atoms with Crippen LogP contribution in [0.25, 0.3) is 0 Å². The number of ether oxygens (including phenoxy) is 1. The molecule has 1 aromatic heterocycles. The number of anilines is 1. The van der Waals surface area contributed by atoms with Crippen molar-refractivity contribution < 1.29 is 17.9 Å². The number of benzene rings is 2. The average molecular weight is 445 g/mol. The molecule has 0 radical (unpaired) electrons. The van der Waals surface area contributed by atoms with E-state index < -0.39 is 10.0 Å². The van der Waals surface area contributed by atoms with Crippen molar-refractivity contribution in [3.05, 3.63) is 76.7 Å². The number of nitrogens with one attached hydrogen (secondary N) is 2. The van der Waals surface area contributed by atoms with Crippen LogP contribution < -0.4 is 14.8 Å². The maximum Gasteiger partial charge on any atom is 0.271 e. The molecule has 0 spiro atoms. The summed E-state index contributed by atoms with van der Waals surface area (Å²) in [5.74, 6) is 0.514. The van der Waals surface area contributed by atoms with Gasteiger partial charge in [-0.05, 0) is 79.7 Å². The molecule has 8 heteroatoms. The quantitative estimate of drug-likeness (QED) is 0.541. The van der Waals surface area contributed by atoms with E-state index in [1.165, 1.54) is 11.6 Å². The largest absolute Gasteiger partial charge is 0.491 e. The first kappa shape index (κ1) is 21.9. The van der Waals surface area contributed by atoms with E-state index in [-0.39, 0.29) is 16.2 Å². The monoisotopic (exact) mass is 444 g/mol. The van der Waals surface area contributed by atoms with Crippen molar-refractivity contribution in [1.29, 1.82) is 0 Å². The maximum absolute atomic E-state index is 12.4. The van der Waals surface area contributed by atoms with Crippen LogP contribution in [-0.4, -0.2) is 27.0 Å². The van der Waals surface area contributed by atoms with Crippen LogP contribution in [0.2, 0.25) is 0 Å². The number of sulfonamides is 1. The third-order valence-electron chi connectivity index (χ3n) is 4.52. The summed E-state index contributed by atoms with van der Waals surface area (Å²) >= 11 is 1.14. The molecule has 0 saturated carbocycles. The molecule has 1 amide bonds. The number of amides is 1. The molecule has 3 rings (SSSR count). The molecule has 158 valence electrons. The Morgan fingerprint density at radius 2 is 1.80 bits per heavy atom. The topological polar surface area (TPSA) is 84.5 Å². The van der Waals surface area contributed by atoms with Crippen LogP contribution in [0.4, 0.5) is 5.69 Å². The standard InChI is InChI=1S/C22H24N2O4S2/c1-15-6-11-20(13-16(15)2)28-14-17(3)23-22(25)18-7-9-19(10-8-18)24-30(26,27)21-5-4-12-29-21/h4-13,17,24H,14H2,1-3H3,(H,23,25). The molecule has 2 aromatic carbocycles. The van der Waals surface area contributed by atoms with Gasteiger partial charge in [-0.15, -0.1) is 11.3 Å². The van der Waals surface area contributed by atoms with Crippen LogP contribution >= 0.6 is 11.3 Å². The molecule has 6 nitrogen and oxygen atoms in total. The predicted octanol–water partition coefficient (Wildman–Crippen LogP) is 4.36. The molecule has 0 bridgehead atoms. The number of carbonyl (C=O) groups excluding carboxylic acids is 1. The van der Waals surface area contributed by atoms with E-state index >= 15 is 0 Å². The number of aryl methyl sites for hydroxylation is 2. The summed E-state index contributed by atoms with van der Waals surface area (Å²) in [5, 5.41) is 4.58. The van der Waals surface area contributed by atoms with Crippen LogP contribution in [0.1, 0.15) is 28.4 Å². The molecular formula is C22H24N2O4S2. The smallest absolute Gasteiger partial charge is 0.271 e. The first-order chi connectivity index (χ1) is 14.2. The van der Waals surface area contributed by atoms with E-state index in [1.807, 2.05) is 39.0 Å². The van der Waals surface area contributed by atoms with Gasteiger partial charge in [0.05, 0.1) is 6.04 Å². The lowest BCUT2D eigenvalue weighted by molar-refractivity contribution is 0.0926. The lowest BCUT2D eigenvalue weighted by Crippen LogP contribution is -2.36. The van der Waals surface area contributed by atoms with Gasteiger partial charge >= 0.3 is 0 Å². The van der Waals surface area contributed by atoms with E-state index in [0.29, 0.717) is 17.9 Å². The van der Waals surface area contributed by atoms with Gasteiger partial charge in [-0.3, -0.25) is 9.52 Å². The summed E-state index contributed by atoms with van der Waals surface area (Å²) in [6.45, 7) is 6.27. The number of hydrogen-bond donors (Lipinski definition) is 2. The first-order valence-electron chi connectivity index (χ1n) is 9.42. The third kappa shape index (κ3) is 5.61. The summed E-state index contributed by atoms with van der Waals surface area (Å²) in [7, 11) is -3.61. The molecule has 1 heterocycles. The van der Waals surface area contributed by atoms with Gasteiger partial charge in [-0.2, -0.15) is 0 Å². The minimum Gasteiger partial charge on any atom is -0.491 e. The fourth-order valence-electron chi connectivity index (χ4n) is 2.69. The highest BCUT2D eigenvalue weighted by atomic mass is 32.2. The zero-order valence-corrected chi connectivity index (χ0v) is 18.6. The Balaban J connectivity index is 1.54. The molecule has 0 aliphatic rings. The van der Waals surface area contributed by atoms with Crippen molar-refractivity contribution in [3.63, 3.8) is 0 Å². The summed E-state index contributed by atoms with van der Waals surface area (Å²) in [5.41, 5.74) is 3.18. The van der Waals surface area contributed by atoms with E-state index in [4.69, 9.17) is 4.74 Å². The zero-order chi connectivity index (χ0) is 21.7. The average Bonchev–Trinajstić information content (AvgIpc) is 3.25. The van der Waals surface area contributed by atoms with Gasteiger partial charge in [-0.25, -0.2) is 8.42 Å². The maximum atomic E-state index is 12.4. The Morgan fingerprint density at radius 3 is 2.43 bits per heavy atom. The highest BCUT2D eigenvalue weighted by molar-refractivity contribution is 7.94. The van der Waals surface area contributed by atoms with E-state index in [0.717, 1.165) is 22.6 Å².